The number of anilines is 2. The molecule has 174 valence electrons. The highest BCUT2D eigenvalue weighted by molar-refractivity contribution is 14.1. The third-order valence-electron chi connectivity index (χ3n) is 6.36. The minimum atomic E-state index is -0.351. The molecule has 0 radical (unpaired) electrons. The molecule has 1 amide bonds. The lowest BCUT2D eigenvalue weighted by Gasteiger charge is -2.39. The molecule has 33 heavy (non-hydrogen) atoms. The van der Waals surface area contributed by atoms with Gasteiger partial charge in [-0.1, -0.05) is 13.8 Å². The molecule has 0 spiro atoms. The van der Waals surface area contributed by atoms with Gasteiger partial charge in [0.25, 0.3) is 5.91 Å². The van der Waals surface area contributed by atoms with E-state index in [2.05, 4.69) is 56.5 Å². The smallest absolute Gasteiger partial charge is 0.257 e. The Morgan fingerprint density at radius 3 is 2.82 bits per heavy atom. The monoisotopic (exact) mass is 580 g/mol. The molecule has 0 saturated carbocycles. The third kappa shape index (κ3) is 4.06. The van der Waals surface area contributed by atoms with Crippen molar-refractivity contribution in [3.63, 3.8) is 0 Å². The molecular weight excluding hydrogens is 554 g/mol. The predicted octanol–water partition coefficient (Wildman–Crippen LogP) is 4.42. The maximum absolute atomic E-state index is 14.7. The van der Waals surface area contributed by atoms with Crippen LogP contribution in [-0.4, -0.2) is 45.2 Å². The van der Waals surface area contributed by atoms with E-state index < -0.39 is 0 Å². The van der Waals surface area contributed by atoms with Crippen molar-refractivity contribution in [1.82, 2.24) is 19.7 Å². The number of carbonyl (C=O) groups is 1. The fourth-order valence-corrected chi connectivity index (χ4v) is 6.26. The van der Waals surface area contributed by atoms with Crippen LogP contribution in [0.1, 0.15) is 35.6 Å². The van der Waals surface area contributed by atoms with Crippen LogP contribution >= 0.6 is 33.9 Å². The number of likely N-dealkylation sites (tertiary alicyclic amines) is 1. The number of aryl methyl sites for hydroxylation is 1. The number of nitrogens with two attached hydrogens (primary N) is 1. The summed E-state index contributed by atoms with van der Waals surface area (Å²) >= 11 is 3.53. The fourth-order valence-electron chi connectivity index (χ4n) is 4.59. The zero-order valence-electron chi connectivity index (χ0n) is 18.8. The molecular formula is C23H26FIN6OS. The number of hydrogen-bond acceptors (Lipinski definition) is 6. The molecule has 0 unspecified atom stereocenters. The predicted molar refractivity (Wildman–Crippen MR) is 136 cm³/mol. The first-order valence-corrected chi connectivity index (χ1v) is 12.8. The molecule has 4 heterocycles. The second kappa shape index (κ2) is 8.31. The summed E-state index contributed by atoms with van der Waals surface area (Å²) in [6.07, 6.45) is 0.716. The van der Waals surface area contributed by atoms with Crippen LogP contribution < -0.4 is 11.1 Å². The van der Waals surface area contributed by atoms with Crippen LogP contribution in [0.4, 0.5) is 15.1 Å². The Morgan fingerprint density at radius 1 is 1.36 bits per heavy atom. The largest absolute Gasteiger partial charge is 0.344 e. The standard InChI is InChI=1S/C23H26FIN6OS/c1-12-28-29-20-19-15(7-23(2,3)11-31(12)20)18(22(32)30-9-13(8-26)10-30)21(33-19)27-17-5-4-14(25)6-16(17)24/h4-6,13,27H,7-11,26H2,1-3H3. The minimum absolute atomic E-state index is 0.0360. The van der Waals surface area contributed by atoms with Crippen molar-refractivity contribution in [2.75, 3.05) is 25.0 Å². The second-order valence-corrected chi connectivity index (χ2v) is 11.9. The maximum atomic E-state index is 14.7. The first-order chi connectivity index (χ1) is 15.7. The minimum Gasteiger partial charge on any atom is -0.344 e. The maximum Gasteiger partial charge on any atom is 0.257 e. The van der Waals surface area contributed by atoms with Crippen molar-refractivity contribution in [2.24, 2.45) is 17.1 Å². The summed E-state index contributed by atoms with van der Waals surface area (Å²) < 4.78 is 17.7. The molecule has 3 aromatic rings. The van der Waals surface area contributed by atoms with Gasteiger partial charge in [-0.2, -0.15) is 0 Å². The van der Waals surface area contributed by atoms with Crippen molar-refractivity contribution >= 4 is 50.5 Å². The lowest BCUT2D eigenvalue weighted by molar-refractivity contribution is 0.0515. The van der Waals surface area contributed by atoms with E-state index in [9.17, 15) is 9.18 Å². The van der Waals surface area contributed by atoms with Crippen molar-refractivity contribution < 1.29 is 9.18 Å². The van der Waals surface area contributed by atoms with E-state index in [1.165, 1.54) is 17.4 Å². The molecule has 2 aliphatic rings. The average Bonchev–Trinajstić information content (AvgIpc) is 3.19. The Kier molecular flexibility index (Phi) is 5.73. The summed E-state index contributed by atoms with van der Waals surface area (Å²) in [6, 6.07) is 5.03. The molecule has 1 fully saturated rings. The zero-order valence-corrected chi connectivity index (χ0v) is 21.8. The van der Waals surface area contributed by atoms with E-state index in [4.69, 9.17) is 5.73 Å². The van der Waals surface area contributed by atoms with Gasteiger partial charge < -0.3 is 20.5 Å². The van der Waals surface area contributed by atoms with Gasteiger partial charge in [-0.05, 0) is 71.7 Å². The van der Waals surface area contributed by atoms with Crippen LogP contribution in [0.25, 0.3) is 10.7 Å². The number of rotatable bonds is 4. The van der Waals surface area contributed by atoms with E-state index in [-0.39, 0.29) is 17.1 Å². The average molecular weight is 580 g/mol. The topological polar surface area (TPSA) is 89.1 Å². The highest BCUT2D eigenvalue weighted by atomic mass is 127. The molecule has 0 aliphatic carbocycles. The number of fused-ring (bicyclic) bond motifs is 3. The highest BCUT2D eigenvalue weighted by Crippen LogP contribution is 2.47. The normalized spacial score (nSPS) is 17.2. The van der Waals surface area contributed by atoms with Gasteiger partial charge in [0.1, 0.15) is 16.6 Å². The van der Waals surface area contributed by atoms with Crippen molar-refractivity contribution in [3.05, 3.63) is 44.5 Å². The molecule has 2 aliphatic heterocycles. The number of hydrogen-bond donors (Lipinski definition) is 2. The van der Waals surface area contributed by atoms with Gasteiger partial charge in [0.15, 0.2) is 5.82 Å². The van der Waals surface area contributed by atoms with E-state index in [0.29, 0.717) is 48.2 Å². The molecule has 1 aromatic carbocycles. The number of aromatic nitrogens is 3. The quantitative estimate of drug-likeness (QED) is 0.447. The van der Waals surface area contributed by atoms with Crippen molar-refractivity contribution in [2.45, 2.75) is 33.7 Å². The summed E-state index contributed by atoms with van der Waals surface area (Å²) in [6.45, 7) is 8.97. The first-order valence-electron chi connectivity index (χ1n) is 10.9. The summed E-state index contributed by atoms with van der Waals surface area (Å²) in [5.41, 5.74) is 7.61. The van der Waals surface area contributed by atoms with Gasteiger partial charge >= 0.3 is 0 Å². The highest BCUT2D eigenvalue weighted by Gasteiger charge is 2.39. The lowest BCUT2D eigenvalue weighted by atomic mass is 9.84. The molecule has 3 N–H and O–H groups in total. The molecule has 5 rings (SSSR count). The molecule has 0 atom stereocenters. The Morgan fingerprint density at radius 2 is 2.12 bits per heavy atom. The summed E-state index contributed by atoms with van der Waals surface area (Å²) in [5.74, 6) is 1.56. The number of halogens is 2. The van der Waals surface area contributed by atoms with Crippen LogP contribution in [0.3, 0.4) is 0 Å². The van der Waals surface area contributed by atoms with Crippen molar-refractivity contribution in [1.29, 1.82) is 0 Å². The molecule has 10 heteroatoms. The van der Waals surface area contributed by atoms with E-state index in [1.54, 1.807) is 6.07 Å². The number of carbonyl (C=O) groups excluding carboxylic acids is 1. The first kappa shape index (κ1) is 22.7. The van der Waals surface area contributed by atoms with Gasteiger partial charge in [-0.3, -0.25) is 4.79 Å². The van der Waals surface area contributed by atoms with Gasteiger partial charge in [0.2, 0.25) is 0 Å². The van der Waals surface area contributed by atoms with Crippen molar-refractivity contribution in [3.8, 4) is 10.7 Å². The van der Waals surface area contributed by atoms with Crippen LogP contribution in [0.5, 0.6) is 0 Å². The Balaban J connectivity index is 1.66. The summed E-state index contributed by atoms with van der Waals surface area (Å²) in [5, 5.41) is 12.6. The Hall–Kier alpha value is -2.05. The van der Waals surface area contributed by atoms with E-state index in [1.807, 2.05) is 17.9 Å². The Labute approximate surface area is 209 Å². The second-order valence-electron chi connectivity index (χ2n) is 9.67. The molecule has 0 bridgehead atoms. The number of benzene rings is 1. The number of thiophene rings is 1. The van der Waals surface area contributed by atoms with Gasteiger partial charge in [-0.25, -0.2) is 4.39 Å². The van der Waals surface area contributed by atoms with Crippen LogP contribution in [0, 0.1) is 27.6 Å². The number of nitrogens with zero attached hydrogens (tertiary/aromatic N) is 4. The molecule has 7 nitrogen and oxygen atoms in total. The Bertz CT molecular complexity index is 1250. The molecule has 1 saturated heterocycles. The number of nitrogens with one attached hydrogen (secondary N) is 1. The third-order valence-corrected chi connectivity index (χ3v) is 8.17. The van der Waals surface area contributed by atoms with Crippen LogP contribution in [-0.2, 0) is 13.0 Å². The SMILES string of the molecule is Cc1nnc2n1CC(C)(C)Cc1c-2sc(Nc2ccc(I)cc2F)c1C(=O)N1CC(CN)C1. The van der Waals surface area contributed by atoms with Gasteiger partial charge in [0.05, 0.1) is 16.1 Å². The van der Waals surface area contributed by atoms with E-state index in [0.717, 1.165) is 32.2 Å². The van der Waals surface area contributed by atoms with Gasteiger partial charge in [-0.15, -0.1) is 21.5 Å². The summed E-state index contributed by atoms with van der Waals surface area (Å²) in [4.78, 5) is 16.5. The summed E-state index contributed by atoms with van der Waals surface area (Å²) in [7, 11) is 0. The lowest BCUT2D eigenvalue weighted by Crippen LogP contribution is -2.52. The zero-order chi connectivity index (χ0) is 23.5. The van der Waals surface area contributed by atoms with Gasteiger partial charge in [0, 0.05) is 29.1 Å². The van der Waals surface area contributed by atoms with E-state index >= 15 is 0 Å². The van der Waals surface area contributed by atoms with Crippen LogP contribution in [0.15, 0.2) is 18.2 Å². The molecule has 2 aromatic heterocycles. The fraction of sp³-hybridized carbons (Fsp3) is 0.435. The number of amides is 1. The van der Waals surface area contributed by atoms with Crippen LogP contribution in [0.2, 0.25) is 0 Å².